The zero-order valence-electron chi connectivity index (χ0n) is 13.9. The van der Waals surface area contributed by atoms with Crippen LogP contribution in [0.15, 0.2) is 28.9 Å². The second-order valence-corrected chi connectivity index (χ2v) is 5.70. The van der Waals surface area contributed by atoms with Crippen LogP contribution < -0.4 is 10.6 Å². The molecule has 124 valence electrons. The van der Waals surface area contributed by atoms with Crippen LogP contribution in [-0.2, 0) is 22.4 Å². The number of rotatable bonds is 7. The fraction of sp³-hybridized carbons (Fsp3) is 0.444. The molecule has 5 heteroatoms. The van der Waals surface area contributed by atoms with Gasteiger partial charge in [-0.15, -0.1) is 0 Å². The highest BCUT2D eigenvalue weighted by Gasteiger charge is 2.16. The van der Waals surface area contributed by atoms with Gasteiger partial charge in [-0.2, -0.15) is 0 Å². The Labute approximate surface area is 136 Å². The van der Waals surface area contributed by atoms with Crippen molar-refractivity contribution in [3.05, 3.63) is 35.6 Å². The highest BCUT2D eigenvalue weighted by atomic mass is 16.3. The monoisotopic (exact) mass is 316 g/mol. The van der Waals surface area contributed by atoms with Gasteiger partial charge >= 0.3 is 0 Å². The normalized spacial score (nSPS) is 12.1. The second kappa shape index (κ2) is 7.81. The summed E-state index contributed by atoms with van der Waals surface area (Å²) < 4.78 is 5.54. The Morgan fingerprint density at radius 2 is 2.04 bits per heavy atom. The number of hydrogen-bond acceptors (Lipinski definition) is 3. The van der Waals surface area contributed by atoms with Crippen molar-refractivity contribution in [1.82, 2.24) is 10.6 Å². The van der Waals surface area contributed by atoms with Crippen molar-refractivity contribution in [2.45, 2.75) is 46.1 Å². The summed E-state index contributed by atoms with van der Waals surface area (Å²) in [7, 11) is 0. The summed E-state index contributed by atoms with van der Waals surface area (Å²) in [5.41, 5.74) is 2.83. The van der Waals surface area contributed by atoms with Gasteiger partial charge in [-0.05, 0) is 31.4 Å². The molecule has 5 nitrogen and oxygen atoms in total. The molecule has 1 unspecified atom stereocenters. The minimum absolute atomic E-state index is 0.162. The van der Waals surface area contributed by atoms with Gasteiger partial charge in [0.25, 0.3) is 0 Å². The van der Waals surface area contributed by atoms with Gasteiger partial charge in [0, 0.05) is 17.5 Å². The molecular formula is C18H24N2O3. The molecule has 0 saturated carbocycles. The predicted octanol–water partition coefficient (Wildman–Crippen LogP) is 2.57. The van der Waals surface area contributed by atoms with Crippen molar-refractivity contribution in [1.29, 1.82) is 0 Å². The highest BCUT2D eigenvalue weighted by molar-refractivity contribution is 5.91. The molecule has 1 heterocycles. The Hall–Kier alpha value is -2.30. The SMILES string of the molecule is CCCNC(=O)C(C)NC(=O)Cc1coc2cc(CC)ccc12. The Morgan fingerprint density at radius 3 is 2.74 bits per heavy atom. The summed E-state index contributed by atoms with van der Waals surface area (Å²) in [5.74, 6) is -0.351. The topological polar surface area (TPSA) is 71.3 Å². The Bertz CT molecular complexity index is 691. The van der Waals surface area contributed by atoms with Crippen molar-refractivity contribution < 1.29 is 14.0 Å². The molecular weight excluding hydrogens is 292 g/mol. The van der Waals surface area contributed by atoms with E-state index in [9.17, 15) is 9.59 Å². The molecule has 1 aromatic heterocycles. The van der Waals surface area contributed by atoms with Crippen LogP contribution in [0.25, 0.3) is 11.0 Å². The maximum atomic E-state index is 12.1. The largest absolute Gasteiger partial charge is 0.464 e. The summed E-state index contributed by atoms with van der Waals surface area (Å²) in [4.78, 5) is 23.9. The van der Waals surface area contributed by atoms with Crippen molar-refractivity contribution >= 4 is 22.8 Å². The number of carbonyl (C=O) groups is 2. The molecule has 2 aromatic rings. The van der Waals surface area contributed by atoms with Crippen LogP contribution in [0.1, 0.15) is 38.3 Å². The number of benzene rings is 1. The Balaban J connectivity index is 1.99. The number of amides is 2. The number of aryl methyl sites for hydroxylation is 1. The van der Waals surface area contributed by atoms with Crippen LogP contribution in [0.4, 0.5) is 0 Å². The zero-order chi connectivity index (χ0) is 16.8. The lowest BCUT2D eigenvalue weighted by Gasteiger charge is -2.13. The molecule has 2 N–H and O–H groups in total. The molecule has 0 radical (unpaired) electrons. The van der Waals surface area contributed by atoms with Gasteiger partial charge in [0.1, 0.15) is 11.6 Å². The second-order valence-electron chi connectivity index (χ2n) is 5.70. The van der Waals surface area contributed by atoms with E-state index in [0.717, 1.165) is 29.4 Å². The number of fused-ring (bicyclic) bond motifs is 1. The maximum absolute atomic E-state index is 12.1. The lowest BCUT2D eigenvalue weighted by Crippen LogP contribution is -2.45. The molecule has 0 aliphatic heterocycles. The van der Waals surface area contributed by atoms with E-state index in [0.29, 0.717) is 6.54 Å². The van der Waals surface area contributed by atoms with E-state index in [-0.39, 0.29) is 18.2 Å². The molecule has 23 heavy (non-hydrogen) atoms. The van der Waals surface area contributed by atoms with Crippen LogP contribution in [0.5, 0.6) is 0 Å². The van der Waals surface area contributed by atoms with Crippen LogP contribution in [0, 0.1) is 0 Å². The smallest absolute Gasteiger partial charge is 0.242 e. The van der Waals surface area contributed by atoms with Gasteiger partial charge < -0.3 is 15.1 Å². The standard InChI is InChI=1S/C18H24N2O3/c1-4-8-19-18(22)12(3)20-17(21)10-14-11-23-16-9-13(5-2)6-7-15(14)16/h6-7,9,11-12H,4-5,8,10H2,1-3H3,(H,19,22)(H,20,21). The number of nitrogens with one attached hydrogen (secondary N) is 2. The Morgan fingerprint density at radius 1 is 1.26 bits per heavy atom. The molecule has 0 fully saturated rings. The quantitative estimate of drug-likeness (QED) is 0.824. The molecule has 1 atom stereocenters. The molecule has 0 aliphatic rings. The first-order chi connectivity index (χ1) is 11.0. The molecule has 0 spiro atoms. The van der Waals surface area contributed by atoms with E-state index in [4.69, 9.17) is 4.42 Å². The lowest BCUT2D eigenvalue weighted by molar-refractivity contribution is -0.128. The van der Waals surface area contributed by atoms with Crippen molar-refractivity contribution in [3.8, 4) is 0 Å². The van der Waals surface area contributed by atoms with Crippen molar-refractivity contribution in [3.63, 3.8) is 0 Å². The van der Waals surface area contributed by atoms with Gasteiger partial charge in [-0.1, -0.05) is 26.0 Å². The first-order valence-corrected chi connectivity index (χ1v) is 8.11. The van der Waals surface area contributed by atoms with Gasteiger partial charge in [0.15, 0.2) is 0 Å². The molecule has 2 amide bonds. The molecule has 1 aromatic carbocycles. The van der Waals surface area contributed by atoms with Crippen LogP contribution >= 0.6 is 0 Å². The number of carbonyl (C=O) groups excluding carboxylic acids is 2. The minimum atomic E-state index is -0.543. The van der Waals surface area contributed by atoms with E-state index >= 15 is 0 Å². The third kappa shape index (κ3) is 4.34. The minimum Gasteiger partial charge on any atom is -0.464 e. The van der Waals surface area contributed by atoms with Crippen LogP contribution in [0.3, 0.4) is 0 Å². The number of furan rings is 1. The van der Waals surface area contributed by atoms with Crippen molar-refractivity contribution in [2.75, 3.05) is 6.54 Å². The lowest BCUT2D eigenvalue weighted by atomic mass is 10.1. The highest BCUT2D eigenvalue weighted by Crippen LogP contribution is 2.23. The summed E-state index contributed by atoms with van der Waals surface area (Å²) >= 11 is 0. The summed E-state index contributed by atoms with van der Waals surface area (Å²) in [6, 6.07) is 5.48. The fourth-order valence-electron chi connectivity index (χ4n) is 2.42. The third-order valence-corrected chi connectivity index (χ3v) is 3.80. The van der Waals surface area contributed by atoms with E-state index < -0.39 is 6.04 Å². The average Bonchev–Trinajstić information content (AvgIpc) is 2.94. The molecule has 0 bridgehead atoms. The summed E-state index contributed by atoms with van der Waals surface area (Å²) in [6.45, 7) is 6.37. The summed E-state index contributed by atoms with van der Waals surface area (Å²) in [6.07, 6.45) is 3.62. The van der Waals surface area contributed by atoms with Gasteiger partial charge in [-0.3, -0.25) is 9.59 Å². The van der Waals surface area contributed by atoms with Gasteiger partial charge in [0.2, 0.25) is 11.8 Å². The number of hydrogen-bond donors (Lipinski definition) is 2. The Kier molecular flexibility index (Phi) is 5.79. The van der Waals surface area contributed by atoms with E-state index in [1.165, 1.54) is 5.56 Å². The van der Waals surface area contributed by atoms with Gasteiger partial charge in [-0.25, -0.2) is 0 Å². The molecule has 0 aliphatic carbocycles. The first kappa shape index (κ1) is 17.1. The molecule has 0 saturated heterocycles. The van der Waals surface area contributed by atoms with E-state index in [1.54, 1.807) is 13.2 Å². The predicted molar refractivity (Wildman–Crippen MR) is 90.2 cm³/mol. The van der Waals surface area contributed by atoms with Crippen molar-refractivity contribution in [2.24, 2.45) is 0 Å². The molecule has 2 rings (SSSR count). The summed E-state index contributed by atoms with van der Waals surface area (Å²) in [5, 5.41) is 6.43. The first-order valence-electron chi connectivity index (χ1n) is 8.11. The van der Waals surface area contributed by atoms with E-state index in [2.05, 4.69) is 17.6 Å². The van der Waals surface area contributed by atoms with Crippen LogP contribution in [0.2, 0.25) is 0 Å². The van der Waals surface area contributed by atoms with Crippen LogP contribution in [-0.4, -0.2) is 24.4 Å². The third-order valence-electron chi connectivity index (χ3n) is 3.80. The zero-order valence-corrected chi connectivity index (χ0v) is 13.9. The average molecular weight is 316 g/mol. The maximum Gasteiger partial charge on any atom is 0.242 e. The fourth-order valence-corrected chi connectivity index (χ4v) is 2.42. The van der Waals surface area contributed by atoms with Gasteiger partial charge in [0.05, 0.1) is 12.7 Å². The van der Waals surface area contributed by atoms with E-state index in [1.807, 2.05) is 25.1 Å².